The first-order valence-electron chi connectivity index (χ1n) is 12.4. The summed E-state index contributed by atoms with van der Waals surface area (Å²) in [5, 5.41) is 12.7. The fourth-order valence-corrected chi connectivity index (χ4v) is 6.39. The summed E-state index contributed by atoms with van der Waals surface area (Å²) in [6.07, 6.45) is 6.32. The van der Waals surface area contributed by atoms with Crippen molar-refractivity contribution in [3.05, 3.63) is 89.4 Å². The first-order chi connectivity index (χ1) is 18.1. The lowest BCUT2D eigenvalue weighted by molar-refractivity contribution is -0.113. The molecule has 0 spiro atoms. The monoisotopic (exact) mass is 549 g/mol. The van der Waals surface area contributed by atoms with Gasteiger partial charge in [-0.1, -0.05) is 53.7 Å². The summed E-state index contributed by atoms with van der Waals surface area (Å²) in [6, 6.07) is 26.1. The molecule has 5 rings (SSSR count). The van der Waals surface area contributed by atoms with Gasteiger partial charge < -0.3 is 9.73 Å². The van der Waals surface area contributed by atoms with Crippen LogP contribution in [-0.2, 0) is 11.2 Å². The zero-order valence-corrected chi connectivity index (χ0v) is 22.7. The van der Waals surface area contributed by atoms with E-state index in [0.717, 1.165) is 11.5 Å². The van der Waals surface area contributed by atoms with Gasteiger partial charge in [0.05, 0.1) is 5.75 Å². The number of aromatic nitrogens is 2. The van der Waals surface area contributed by atoms with Crippen molar-refractivity contribution in [1.82, 2.24) is 10.2 Å². The molecule has 4 aromatic rings. The number of carbonyl (C=O) groups is 1. The fourth-order valence-electron chi connectivity index (χ4n) is 4.51. The molecule has 5 nitrogen and oxygen atoms in total. The predicted octanol–water partition coefficient (Wildman–Crippen LogP) is 8.01. The average Bonchev–Trinajstić information content (AvgIpc) is 3.40. The second-order valence-electron chi connectivity index (χ2n) is 9.19. The Morgan fingerprint density at radius 2 is 1.65 bits per heavy atom. The van der Waals surface area contributed by atoms with Crippen molar-refractivity contribution in [2.24, 2.45) is 5.92 Å². The van der Waals surface area contributed by atoms with E-state index >= 15 is 0 Å². The number of hydrogen-bond acceptors (Lipinski definition) is 6. The molecule has 0 unspecified atom stereocenters. The molecule has 3 aromatic carbocycles. The van der Waals surface area contributed by atoms with Gasteiger partial charge in [0.15, 0.2) is 0 Å². The highest BCUT2D eigenvalue weighted by Gasteiger charge is 2.22. The molecule has 1 aromatic heterocycles. The molecular weight excluding hydrogens is 522 g/mol. The van der Waals surface area contributed by atoms with Gasteiger partial charge >= 0.3 is 0 Å². The van der Waals surface area contributed by atoms with Crippen LogP contribution in [0.4, 0.5) is 5.69 Å². The molecule has 0 saturated heterocycles. The number of thioether (sulfide) groups is 2. The molecule has 1 heterocycles. The van der Waals surface area contributed by atoms with Crippen molar-refractivity contribution in [2.75, 3.05) is 11.1 Å². The van der Waals surface area contributed by atoms with E-state index in [4.69, 9.17) is 16.0 Å². The number of anilines is 1. The number of nitrogens with one attached hydrogen (secondary N) is 1. The largest absolute Gasteiger partial charge is 0.411 e. The van der Waals surface area contributed by atoms with Gasteiger partial charge in [0, 0.05) is 26.4 Å². The van der Waals surface area contributed by atoms with Crippen LogP contribution >= 0.6 is 35.1 Å². The van der Waals surface area contributed by atoms with Crippen molar-refractivity contribution < 1.29 is 9.21 Å². The molecule has 190 valence electrons. The molecule has 0 atom stereocenters. The Kier molecular flexibility index (Phi) is 8.87. The molecule has 1 amide bonds. The number of halogens is 1. The Bertz CT molecular complexity index is 1290. The van der Waals surface area contributed by atoms with Crippen LogP contribution in [-0.4, -0.2) is 27.1 Å². The molecule has 1 aliphatic carbocycles. The second-order valence-corrected chi connectivity index (χ2v) is 11.9. The molecular formula is C29H28ClN3O2S2. The quantitative estimate of drug-likeness (QED) is 0.213. The topological polar surface area (TPSA) is 68.0 Å². The van der Waals surface area contributed by atoms with Crippen molar-refractivity contribution >= 4 is 46.7 Å². The zero-order chi connectivity index (χ0) is 25.5. The van der Waals surface area contributed by atoms with E-state index in [1.54, 1.807) is 24.3 Å². The van der Waals surface area contributed by atoms with Crippen LogP contribution in [0.5, 0.6) is 0 Å². The lowest BCUT2D eigenvalue weighted by Gasteiger charge is -2.28. The van der Waals surface area contributed by atoms with Gasteiger partial charge in [-0.15, -0.1) is 22.0 Å². The van der Waals surface area contributed by atoms with Crippen LogP contribution in [0.15, 0.2) is 93.4 Å². The molecule has 1 aliphatic rings. The van der Waals surface area contributed by atoms with E-state index in [0.29, 0.717) is 27.1 Å². The Labute approximate surface area is 230 Å². The minimum atomic E-state index is -0.150. The van der Waals surface area contributed by atoms with E-state index in [1.165, 1.54) is 54.3 Å². The lowest BCUT2D eigenvalue weighted by atomic mass is 9.84. The Hall–Kier alpha value is -2.74. The summed E-state index contributed by atoms with van der Waals surface area (Å²) < 4.78 is 5.77. The molecule has 1 fully saturated rings. The number of nitrogens with zero attached hydrogens (tertiary/aromatic N) is 2. The summed E-state index contributed by atoms with van der Waals surface area (Å²) >= 11 is 9.06. The van der Waals surface area contributed by atoms with Crippen molar-refractivity contribution in [1.29, 1.82) is 0 Å². The maximum Gasteiger partial charge on any atom is 0.277 e. The zero-order valence-electron chi connectivity index (χ0n) is 20.3. The van der Waals surface area contributed by atoms with Crippen LogP contribution in [0.1, 0.15) is 31.2 Å². The fraction of sp³-hybridized carbons (Fsp3) is 0.276. The molecule has 8 heteroatoms. The summed E-state index contributed by atoms with van der Waals surface area (Å²) in [6.45, 7) is 0. The second kappa shape index (κ2) is 12.7. The van der Waals surface area contributed by atoms with Crippen LogP contribution < -0.4 is 5.32 Å². The third-order valence-corrected chi connectivity index (χ3v) is 8.85. The van der Waals surface area contributed by atoms with Crippen LogP contribution in [0, 0.1) is 5.92 Å². The minimum Gasteiger partial charge on any atom is -0.411 e. The minimum absolute atomic E-state index is 0.150. The van der Waals surface area contributed by atoms with Gasteiger partial charge in [0.2, 0.25) is 11.8 Å². The highest BCUT2D eigenvalue weighted by Crippen LogP contribution is 2.37. The Morgan fingerprint density at radius 3 is 2.38 bits per heavy atom. The standard InChI is InChI=1S/C29H28ClN3O2S2/c30-23-10-12-24(13-11-23)31-27(34)19-36-29-33-32-28(35-29)22-8-16-26(17-9-22)37-25-14-6-21(7-15-25)18-20-4-2-1-3-5-20/h1-5,8-13,16-17,21,25H,6-7,14-15,18-19H2,(H,31,34). The lowest BCUT2D eigenvalue weighted by Crippen LogP contribution is -2.17. The van der Waals surface area contributed by atoms with Gasteiger partial charge in [-0.25, -0.2) is 0 Å². The van der Waals surface area contributed by atoms with E-state index in [2.05, 4.69) is 58.0 Å². The predicted molar refractivity (Wildman–Crippen MR) is 152 cm³/mol. The molecule has 37 heavy (non-hydrogen) atoms. The van der Waals surface area contributed by atoms with Gasteiger partial charge in [-0.05, 0) is 92.1 Å². The number of rotatable bonds is 9. The van der Waals surface area contributed by atoms with Gasteiger partial charge in [-0.3, -0.25) is 4.79 Å². The molecule has 1 saturated carbocycles. The van der Waals surface area contributed by atoms with Gasteiger partial charge in [0.25, 0.3) is 5.22 Å². The maximum absolute atomic E-state index is 12.2. The normalized spacial score (nSPS) is 17.4. The molecule has 0 radical (unpaired) electrons. The number of amides is 1. The van der Waals surface area contributed by atoms with Crippen molar-refractivity contribution in [2.45, 2.75) is 47.5 Å². The Morgan fingerprint density at radius 1 is 0.919 bits per heavy atom. The summed E-state index contributed by atoms with van der Waals surface area (Å²) in [7, 11) is 0. The first kappa shape index (κ1) is 25.9. The first-order valence-corrected chi connectivity index (χ1v) is 14.7. The van der Waals surface area contributed by atoms with Gasteiger partial charge in [0.1, 0.15) is 0 Å². The number of carbonyl (C=O) groups excluding carboxylic acids is 1. The highest BCUT2D eigenvalue weighted by molar-refractivity contribution is 8.00. The number of benzene rings is 3. The maximum atomic E-state index is 12.2. The van der Waals surface area contributed by atoms with E-state index in [1.807, 2.05) is 23.9 Å². The van der Waals surface area contributed by atoms with E-state index in [-0.39, 0.29) is 11.7 Å². The van der Waals surface area contributed by atoms with E-state index < -0.39 is 0 Å². The molecule has 0 bridgehead atoms. The molecule has 0 aliphatic heterocycles. The van der Waals surface area contributed by atoms with Crippen LogP contribution in [0.3, 0.4) is 0 Å². The smallest absolute Gasteiger partial charge is 0.277 e. The summed E-state index contributed by atoms with van der Waals surface area (Å²) in [4.78, 5) is 13.5. The van der Waals surface area contributed by atoms with Crippen LogP contribution in [0.25, 0.3) is 11.5 Å². The van der Waals surface area contributed by atoms with Crippen LogP contribution in [0.2, 0.25) is 5.02 Å². The summed E-state index contributed by atoms with van der Waals surface area (Å²) in [5.41, 5.74) is 3.03. The third kappa shape index (κ3) is 7.63. The summed E-state index contributed by atoms with van der Waals surface area (Å²) in [5.74, 6) is 1.28. The Balaban J connectivity index is 1.07. The van der Waals surface area contributed by atoms with Gasteiger partial charge in [-0.2, -0.15) is 0 Å². The van der Waals surface area contributed by atoms with E-state index in [9.17, 15) is 4.79 Å². The third-order valence-electron chi connectivity index (χ3n) is 6.43. The van der Waals surface area contributed by atoms with Crippen molar-refractivity contribution in [3.63, 3.8) is 0 Å². The highest BCUT2D eigenvalue weighted by atomic mass is 35.5. The SMILES string of the molecule is O=C(CSc1nnc(-c2ccc(SC3CCC(Cc4ccccc4)CC3)cc2)o1)Nc1ccc(Cl)cc1. The number of hydrogen-bond donors (Lipinski definition) is 1. The average molecular weight is 550 g/mol. The molecule has 1 N–H and O–H groups in total. The van der Waals surface area contributed by atoms with Crippen molar-refractivity contribution in [3.8, 4) is 11.5 Å².